The number of carbonyl (C=O) groups excluding carboxylic acids is 1. The lowest BCUT2D eigenvalue weighted by atomic mass is 9.49. The van der Waals surface area contributed by atoms with Crippen molar-refractivity contribution in [2.45, 2.75) is 50.4 Å². The van der Waals surface area contributed by atoms with Crippen LogP contribution in [0, 0.1) is 17.8 Å². The summed E-state index contributed by atoms with van der Waals surface area (Å²) in [7, 11) is 1.52. The van der Waals surface area contributed by atoms with Crippen molar-refractivity contribution < 1.29 is 14.1 Å². The predicted molar refractivity (Wildman–Crippen MR) is 74.7 cm³/mol. The summed E-state index contributed by atoms with van der Waals surface area (Å²) < 4.78 is 10.2. The Morgan fingerprint density at radius 3 is 2.43 bits per heavy atom. The molecule has 0 unspecified atom stereocenters. The molecule has 4 fully saturated rings. The van der Waals surface area contributed by atoms with Crippen LogP contribution in [0.4, 0.5) is 0 Å². The third kappa shape index (κ3) is 2.31. The second-order valence-corrected chi connectivity index (χ2v) is 7.36. The summed E-state index contributed by atoms with van der Waals surface area (Å²) in [5, 5.41) is 4.24. The smallest absolute Gasteiger partial charge is 0.234 e. The summed E-state index contributed by atoms with van der Waals surface area (Å²) in [5.74, 6) is 3.86. The van der Waals surface area contributed by atoms with Crippen LogP contribution in [0.15, 0.2) is 4.52 Å². The fourth-order valence-electron chi connectivity index (χ4n) is 5.31. The zero-order valence-corrected chi connectivity index (χ0v) is 12.5. The Hall–Kier alpha value is -1.23. The van der Waals surface area contributed by atoms with Gasteiger partial charge in [0.1, 0.15) is 6.61 Å². The monoisotopic (exact) mass is 290 g/mol. The van der Waals surface area contributed by atoms with Gasteiger partial charge in [-0.25, -0.2) is 0 Å². The Labute approximate surface area is 124 Å². The largest absolute Gasteiger partial charge is 0.377 e. The summed E-state index contributed by atoms with van der Waals surface area (Å²) in [6.07, 6.45) is 8.02. The topological polar surface area (TPSA) is 65.2 Å². The van der Waals surface area contributed by atoms with E-state index >= 15 is 0 Å². The molecule has 21 heavy (non-hydrogen) atoms. The Morgan fingerprint density at radius 2 is 1.86 bits per heavy atom. The highest BCUT2D eigenvalue weighted by atomic mass is 16.5. The van der Waals surface area contributed by atoms with Gasteiger partial charge in [0.2, 0.25) is 5.89 Å². The normalized spacial score (nSPS) is 37.1. The zero-order chi connectivity index (χ0) is 14.4. The minimum absolute atomic E-state index is 0.0155. The van der Waals surface area contributed by atoms with Gasteiger partial charge >= 0.3 is 0 Å². The third-order valence-corrected chi connectivity index (χ3v) is 5.63. The molecule has 0 aromatic carbocycles. The van der Waals surface area contributed by atoms with Crippen LogP contribution in [-0.4, -0.2) is 29.6 Å². The summed E-state index contributed by atoms with van der Waals surface area (Å²) in [4.78, 5) is 16.2. The van der Waals surface area contributed by atoms with Crippen molar-refractivity contribution in [2.24, 2.45) is 17.8 Å². The van der Waals surface area contributed by atoms with Gasteiger partial charge < -0.3 is 9.26 Å². The molecule has 0 saturated heterocycles. The van der Waals surface area contributed by atoms with Gasteiger partial charge in [0.25, 0.3) is 0 Å². The maximum Gasteiger partial charge on any atom is 0.234 e. The minimum atomic E-state index is -0.0155. The van der Waals surface area contributed by atoms with E-state index in [0.29, 0.717) is 5.89 Å². The number of nitrogens with zero attached hydrogens (tertiary/aromatic N) is 2. The van der Waals surface area contributed by atoms with Crippen molar-refractivity contribution in [1.29, 1.82) is 0 Å². The van der Waals surface area contributed by atoms with Crippen molar-refractivity contribution >= 4 is 5.78 Å². The number of methoxy groups -OCH3 is 1. The lowest BCUT2D eigenvalue weighted by Crippen LogP contribution is -2.49. The van der Waals surface area contributed by atoms with Gasteiger partial charge in [-0.3, -0.25) is 4.79 Å². The first kappa shape index (κ1) is 13.4. The molecule has 5 rings (SSSR count). The average molecular weight is 290 g/mol. The van der Waals surface area contributed by atoms with Crippen LogP contribution >= 0.6 is 0 Å². The van der Waals surface area contributed by atoms with Gasteiger partial charge in [-0.05, 0) is 56.3 Å². The Balaban J connectivity index is 1.54. The molecule has 1 heterocycles. The van der Waals surface area contributed by atoms with Crippen LogP contribution in [0.2, 0.25) is 0 Å². The van der Waals surface area contributed by atoms with Crippen molar-refractivity contribution in [1.82, 2.24) is 10.1 Å². The van der Waals surface area contributed by atoms with E-state index in [0.717, 1.165) is 23.6 Å². The summed E-state index contributed by atoms with van der Waals surface area (Å²) in [5.41, 5.74) is 0.140. The molecule has 5 nitrogen and oxygen atoms in total. The van der Waals surface area contributed by atoms with E-state index < -0.39 is 0 Å². The number of ether oxygens (including phenoxy) is 1. The highest BCUT2D eigenvalue weighted by Gasteiger charge is 2.53. The number of hydrogen-bond donors (Lipinski definition) is 0. The number of ketones is 1. The van der Waals surface area contributed by atoms with Gasteiger partial charge in [-0.15, -0.1) is 0 Å². The zero-order valence-electron chi connectivity index (χ0n) is 12.5. The van der Waals surface area contributed by atoms with Crippen molar-refractivity contribution in [2.75, 3.05) is 13.7 Å². The summed E-state index contributed by atoms with van der Waals surface area (Å²) in [6.45, 7) is 0.106. The Bertz CT molecular complexity index is 516. The summed E-state index contributed by atoms with van der Waals surface area (Å²) >= 11 is 0. The van der Waals surface area contributed by atoms with E-state index in [1.165, 1.54) is 45.6 Å². The van der Waals surface area contributed by atoms with Gasteiger partial charge in [0, 0.05) is 12.5 Å². The SMILES string of the molecule is COCC(=O)Cc1nc(C23CC4CC(CC(C4)C2)C3)no1. The van der Waals surface area contributed by atoms with E-state index in [2.05, 4.69) is 10.1 Å². The molecule has 5 heteroatoms. The van der Waals surface area contributed by atoms with E-state index in [9.17, 15) is 4.79 Å². The third-order valence-electron chi connectivity index (χ3n) is 5.63. The average Bonchev–Trinajstić information content (AvgIpc) is 2.86. The van der Waals surface area contributed by atoms with E-state index in [1.807, 2.05) is 0 Å². The lowest BCUT2D eigenvalue weighted by molar-refractivity contribution is -0.122. The van der Waals surface area contributed by atoms with Crippen molar-refractivity contribution in [3.63, 3.8) is 0 Å². The molecule has 1 aromatic rings. The predicted octanol–water partition coefficient (Wildman–Crippen LogP) is 2.30. The highest BCUT2D eigenvalue weighted by molar-refractivity contribution is 5.81. The van der Waals surface area contributed by atoms with Gasteiger partial charge in [0.05, 0.1) is 6.42 Å². The molecule has 0 atom stereocenters. The molecule has 4 saturated carbocycles. The van der Waals surface area contributed by atoms with Crippen LogP contribution in [0.25, 0.3) is 0 Å². The first-order valence-corrected chi connectivity index (χ1v) is 8.00. The molecule has 0 radical (unpaired) electrons. The van der Waals surface area contributed by atoms with Crippen LogP contribution < -0.4 is 0 Å². The molecular formula is C16H22N2O3. The van der Waals surface area contributed by atoms with E-state index in [4.69, 9.17) is 9.26 Å². The molecule has 0 aliphatic heterocycles. The second kappa shape index (κ2) is 4.90. The number of carbonyl (C=O) groups is 1. The molecule has 0 N–H and O–H groups in total. The van der Waals surface area contributed by atoms with Crippen LogP contribution in [0.1, 0.15) is 50.2 Å². The molecule has 4 bridgehead atoms. The quantitative estimate of drug-likeness (QED) is 0.832. The van der Waals surface area contributed by atoms with Crippen LogP contribution in [0.5, 0.6) is 0 Å². The van der Waals surface area contributed by atoms with Gasteiger partial charge in [-0.1, -0.05) is 5.16 Å². The first-order chi connectivity index (χ1) is 10.2. The Morgan fingerprint density at radius 1 is 1.24 bits per heavy atom. The number of Topliss-reactive ketones (excluding diaryl/α,β-unsaturated/α-hetero) is 1. The maximum absolute atomic E-state index is 11.6. The molecule has 4 aliphatic carbocycles. The molecular weight excluding hydrogens is 268 g/mol. The van der Waals surface area contributed by atoms with Crippen molar-refractivity contribution in [3.05, 3.63) is 11.7 Å². The highest BCUT2D eigenvalue weighted by Crippen LogP contribution is 2.60. The maximum atomic E-state index is 11.6. The number of rotatable bonds is 5. The summed E-state index contributed by atoms with van der Waals surface area (Å²) in [6, 6.07) is 0. The second-order valence-electron chi connectivity index (χ2n) is 7.36. The molecule has 1 aromatic heterocycles. The molecule has 0 amide bonds. The first-order valence-electron chi connectivity index (χ1n) is 8.00. The fraction of sp³-hybridized carbons (Fsp3) is 0.812. The number of hydrogen-bond acceptors (Lipinski definition) is 5. The fourth-order valence-corrected chi connectivity index (χ4v) is 5.31. The van der Waals surface area contributed by atoms with Crippen molar-refractivity contribution in [3.8, 4) is 0 Å². The van der Waals surface area contributed by atoms with E-state index in [-0.39, 0.29) is 24.2 Å². The molecule has 0 spiro atoms. The minimum Gasteiger partial charge on any atom is -0.377 e. The van der Waals surface area contributed by atoms with Gasteiger partial charge in [-0.2, -0.15) is 4.98 Å². The molecule has 4 aliphatic rings. The Kier molecular flexibility index (Phi) is 3.14. The molecule has 114 valence electrons. The van der Waals surface area contributed by atoms with E-state index in [1.54, 1.807) is 0 Å². The van der Waals surface area contributed by atoms with Crippen LogP contribution in [0.3, 0.4) is 0 Å². The van der Waals surface area contributed by atoms with Crippen LogP contribution in [-0.2, 0) is 21.4 Å². The number of aromatic nitrogens is 2. The lowest BCUT2D eigenvalue weighted by Gasteiger charge is -2.55. The standard InChI is InChI=1S/C16H22N2O3/c1-20-9-13(19)5-14-17-15(18-21-14)16-6-10-2-11(7-16)4-12(3-10)8-16/h10-12H,2-9H2,1H3. The van der Waals surface area contributed by atoms with Gasteiger partial charge in [0.15, 0.2) is 11.6 Å².